The number of anilines is 1. The Bertz CT molecular complexity index is 649. The van der Waals surface area contributed by atoms with E-state index < -0.39 is 15.6 Å². The lowest BCUT2D eigenvalue weighted by molar-refractivity contribution is -0.121. The van der Waals surface area contributed by atoms with Gasteiger partial charge in [-0.25, -0.2) is 13.1 Å². The predicted octanol–water partition coefficient (Wildman–Crippen LogP) is 0.984. The fourth-order valence-electron chi connectivity index (χ4n) is 2.43. The maximum absolute atomic E-state index is 12.3. The normalized spacial score (nSPS) is 22.2. The highest BCUT2D eigenvalue weighted by Crippen LogP contribution is 2.23. The summed E-state index contributed by atoms with van der Waals surface area (Å²) in [5.41, 5.74) is 0.523. The molecule has 1 aromatic rings. The molecule has 1 saturated heterocycles. The van der Waals surface area contributed by atoms with Crippen molar-refractivity contribution >= 4 is 21.6 Å². The lowest BCUT2D eigenvalue weighted by atomic mass is 9.99. The molecule has 1 amide bonds. The van der Waals surface area contributed by atoms with Crippen LogP contribution in [-0.2, 0) is 14.8 Å². The van der Waals surface area contributed by atoms with Crippen LogP contribution in [0.1, 0.15) is 25.3 Å². The number of benzene rings is 1. The minimum absolute atomic E-state index is 0.142. The van der Waals surface area contributed by atoms with Crippen molar-refractivity contribution in [3.63, 3.8) is 0 Å². The van der Waals surface area contributed by atoms with Gasteiger partial charge in [0.2, 0.25) is 15.9 Å². The van der Waals surface area contributed by atoms with Crippen LogP contribution in [0.4, 0.5) is 5.69 Å². The van der Waals surface area contributed by atoms with Crippen LogP contribution in [-0.4, -0.2) is 33.5 Å². The number of hydrogen-bond donors (Lipinski definition) is 3. The van der Waals surface area contributed by atoms with E-state index in [9.17, 15) is 13.2 Å². The Morgan fingerprint density at radius 3 is 2.67 bits per heavy atom. The zero-order valence-corrected chi connectivity index (χ0v) is 13.3. The van der Waals surface area contributed by atoms with E-state index in [4.69, 9.17) is 0 Å². The van der Waals surface area contributed by atoms with Gasteiger partial charge in [-0.2, -0.15) is 0 Å². The van der Waals surface area contributed by atoms with Gasteiger partial charge in [0.1, 0.15) is 0 Å². The summed E-state index contributed by atoms with van der Waals surface area (Å²) in [6.45, 7) is 4.39. The number of sulfonamides is 1. The lowest BCUT2D eigenvalue weighted by Crippen LogP contribution is -2.47. The van der Waals surface area contributed by atoms with E-state index in [0.29, 0.717) is 11.3 Å². The van der Waals surface area contributed by atoms with Crippen molar-refractivity contribution in [2.45, 2.75) is 37.1 Å². The average Bonchev–Trinajstić information content (AvgIpc) is 2.89. The molecule has 7 heteroatoms. The van der Waals surface area contributed by atoms with Crippen molar-refractivity contribution in [2.75, 3.05) is 18.9 Å². The third-order valence-corrected chi connectivity index (χ3v) is 5.43. The van der Waals surface area contributed by atoms with E-state index in [1.54, 1.807) is 19.1 Å². The molecule has 0 radical (unpaired) electrons. The molecule has 0 saturated carbocycles. The number of nitrogens with one attached hydrogen (secondary N) is 3. The number of carbonyl (C=O) groups excluding carboxylic acids is 1. The first-order chi connectivity index (χ1) is 9.78. The van der Waals surface area contributed by atoms with E-state index in [0.717, 1.165) is 19.4 Å². The van der Waals surface area contributed by atoms with Crippen LogP contribution in [0.25, 0.3) is 0 Å². The first kappa shape index (κ1) is 15.9. The van der Waals surface area contributed by atoms with Crippen LogP contribution in [0.3, 0.4) is 0 Å². The minimum atomic E-state index is -3.54. The molecule has 1 atom stereocenters. The van der Waals surface area contributed by atoms with Crippen molar-refractivity contribution < 1.29 is 13.2 Å². The van der Waals surface area contributed by atoms with Crippen molar-refractivity contribution in [3.8, 4) is 0 Å². The molecule has 21 heavy (non-hydrogen) atoms. The zero-order chi connectivity index (χ0) is 15.7. The fourth-order valence-corrected chi connectivity index (χ4v) is 3.43. The smallest absolute Gasteiger partial charge is 0.244 e. The summed E-state index contributed by atoms with van der Waals surface area (Å²) >= 11 is 0. The summed E-state index contributed by atoms with van der Waals surface area (Å²) in [7, 11) is -2.17. The van der Waals surface area contributed by atoms with Crippen LogP contribution in [0.2, 0.25) is 0 Å². The highest BCUT2D eigenvalue weighted by Gasteiger charge is 2.35. The molecule has 1 fully saturated rings. The van der Waals surface area contributed by atoms with Gasteiger partial charge in [-0.3, -0.25) is 4.79 Å². The van der Waals surface area contributed by atoms with Crippen LogP contribution in [0.5, 0.6) is 0 Å². The van der Waals surface area contributed by atoms with E-state index in [1.165, 1.54) is 13.1 Å². The molecule has 0 spiro atoms. The molecule has 0 bridgehead atoms. The quantitative estimate of drug-likeness (QED) is 0.773. The van der Waals surface area contributed by atoms with E-state index in [-0.39, 0.29) is 10.8 Å². The van der Waals surface area contributed by atoms with Gasteiger partial charge in [-0.1, -0.05) is 6.07 Å². The Morgan fingerprint density at radius 2 is 2.10 bits per heavy atom. The van der Waals surface area contributed by atoms with Gasteiger partial charge in [0.25, 0.3) is 0 Å². The Balaban J connectivity index is 2.26. The van der Waals surface area contributed by atoms with Crippen molar-refractivity contribution in [1.82, 2.24) is 10.0 Å². The van der Waals surface area contributed by atoms with Crippen LogP contribution < -0.4 is 15.4 Å². The third kappa shape index (κ3) is 3.25. The van der Waals surface area contributed by atoms with Crippen molar-refractivity contribution in [2.24, 2.45) is 0 Å². The maximum Gasteiger partial charge on any atom is 0.244 e. The monoisotopic (exact) mass is 311 g/mol. The first-order valence-electron chi connectivity index (χ1n) is 6.89. The SMILES string of the molecule is CNS(=O)(=O)c1cc(NC(=O)C2(C)CCCN2)ccc1C. The molecule has 1 aromatic carbocycles. The summed E-state index contributed by atoms with van der Waals surface area (Å²) in [6, 6.07) is 4.88. The molecule has 0 aliphatic carbocycles. The van der Waals surface area contributed by atoms with E-state index in [2.05, 4.69) is 15.4 Å². The lowest BCUT2D eigenvalue weighted by Gasteiger charge is -2.23. The predicted molar refractivity (Wildman–Crippen MR) is 81.7 cm³/mol. The molecule has 1 unspecified atom stereocenters. The molecule has 1 heterocycles. The minimum Gasteiger partial charge on any atom is -0.324 e. The van der Waals surface area contributed by atoms with E-state index >= 15 is 0 Å². The molecule has 1 aliphatic heterocycles. The topological polar surface area (TPSA) is 87.3 Å². The van der Waals surface area contributed by atoms with Crippen molar-refractivity contribution in [3.05, 3.63) is 23.8 Å². The number of rotatable bonds is 4. The van der Waals surface area contributed by atoms with Gasteiger partial charge in [0, 0.05) is 5.69 Å². The first-order valence-corrected chi connectivity index (χ1v) is 8.37. The van der Waals surface area contributed by atoms with Gasteiger partial charge in [0.15, 0.2) is 0 Å². The average molecular weight is 311 g/mol. The Hall–Kier alpha value is -1.44. The van der Waals surface area contributed by atoms with Crippen molar-refractivity contribution in [1.29, 1.82) is 0 Å². The Morgan fingerprint density at radius 1 is 1.38 bits per heavy atom. The summed E-state index contributed by atoms with van der Waals surface area (Å²) in [4.78, 5) is 12.5. The number of aryl methyl sites for hydroxylation is 1. The van der Waals surface area contributed by atoms with Gasteiger partial charge in [-0.15, -0.1) is 0 Å². The molecule has 116 valence electrons. The van der Waals surface area contributed by atoms with Crippen LogP contribution in [0, 0.1) is 6.92 Å². The molecular weight excluding hydrogens is 290 g/mol. The Labute approximate surface area is 125 Å². The number of carbonyl (C=O) groups is 1. The second kappa shape index (κ2) is 5.75. The number of hydrogen-bond acceptors (Lipinski definition) is 4. The summed E-state index contributed by atoms with van der Waals surface area (Å²) in [5.74, 6) is -0.142. The highest BCUT2D eigenvalue weighted by atomic mass is 32.2. The van der Waals surface area contributed by atoms with E-state index in [1.807, 2.05) is 6.92 Å². The fraction of sp³-hybridized carbons (Fsp3) is 0.500. The third-order valence-electron chi connectivity index (χ3n) is 3.87. The van der Waals surface area contributed by atoms with Crippen LogP contribution >= 0.6 is 0 Å². The molecule has 0 aromatic heterocycles. The van der Waals surface area contributed by atoms with Gasteiger partial charge < -0.3 is 10.6 Å². The molecule has 3 N–H and O–H groups in total. The second-order valence-electron chi connectivity index (χ2n) is 5.50. The van der Waals surface area contributed by atoms with Gasteiger partial charge in [0.05, 0.1) is 10.4 Å². The second-order valence-corrected chi connectivity index (χ2v) is 7.36. The maximum atomic E-state index is 12.3. The molecule has 6 nitrogen and oxygen atoms in total. The van der Waals surface area contributed by atoms with Gasteiger partial charge in [-0.05, 0) is 58.0 Å². The zero-order valence-electron chi connectivity index (χ0n) is 12.5. The summed E-state index contributed by atoms with van der Waals surface area (Å²) in [6.07, 6.45) is 1.73. The molecule has 2 rings (SSSR count). The standard InChI is InChI=1S/C14H21N3O3S/c1-10-5-6-11(9-12(10)21(19,20)15-3)17-13(18)14(2)7-4-8-16-14/h5-6,9,15-16H,4,7-8H2,1-3H3,(H,17,18). The molecule has 1 aliphatic rings. The summed E-state index contributed by atoms with van der Waals surface area (Å²) < 4.78 is 26.2. The highest BCUT2D eigenvalue weighted by molar-refractivity contribution is 7.89. The summed E-state index contributed by atoms with van der Waals surface area (Å²) in [5, 5.41) is 5.97. The van der Waals surface area contributed by atoms with Gasteiger partial charge >= 0.3 is 0 Å². The van der Waals surface area contributed by atoms with Crippen LogP contribution in [0.15, 0.2) is 23.1 Å². The largest absolute Gasteiger partial charge is 0.324 e. The number of amides is 1. The Kier molecular flexibility index (Phi) is 4.36. The molecular formula is C14H21N3O3S.